The maximum absolute atomic E-state index is 12.8. The first-order chi connectivity index (χ1) is 8.90. The van der Waals surface area contributed by atoms with E-state index in [1.165, 1.54) is 31.3 Å². The molecule has 1 unspecified atom stereocenters. The molecule has 0 aliphatic rings. The second-order valence-corrected chi connectivity index (χ2v) is 6.36. The van der Waals surface area contributed by atoms with Gasteiger partial charge in [-0.25, -0.2) is 12.8 Å². The molecule has 6 heteroatoms. The molecule has 4 nitrogen and oxygen atoms in total. The monoisotopic (exact) mass is 284 g/mol. The van der Waals surface area contributed by atoms with Gasteiger partial charge in [0.25, 0.3) is 0 Å². The van der Waals surface area contributed by atoms with Crippen LogP contribution >= 0.6 is 0 Å². The van der Waals surface area contributed by atoms with E-state index in [1.807, 2.05) is 13.0 Å². The van der Waals surface area contributed by atoms with Gasteiger partial charge in [-0.3, -0.25) is 0 Å². The van der Waals surface area contributed by atoms with E-state index < -0.39 is 21.9 Å². The summed E-state index contributed by atoms with van der Waals surface area (Å²) in [5, 5.41) is 8.99. The number of hydrogen-bond donors (Lipinski definition) is 0. The van der Waals surface area contributed by atoms with E-state index in [4.69, 9.17) is 5.26 Å². The summed E-state index contributed by atoms with van der Waals surface area (Å²) in [6.07, 6.45) is 1.23. The first kappa shape index (κ1) is 15.6. The molecule has 0 bridgehead atoms. The van der Waals surface area contributed by atoms with Crippen molar-refractivity contribution in [1.29, 1.82) is 5.26 Å². The zero-order valence-electron chi connectivity index (χ0n) is 11.0. The zero-order chi connectivity index (χ0) is 14.5. The van der Waals surface area contributed by atoms with Crippen LogP contribution in [0.25, 0.3) is 0 Å². The molecule has 1 rings (SSSR count). The van der Waals surface area contributed by atoms with E-state index in [9.17, 15) is 12.8 Å². The molecule has 0 heterocycles. The van der Waals surface area contributed by atoms with E-state index in [1.54, 1.807) is 0 Å². The van der Waals surface area contributed by atoms with Crippen molar-refractivity contribution in [2.24, 2.45) is 0 Å². The van der Waals surface area contributed by atoms with Crippen LogP contribution in [-0.2, 0) is 15.8 Å². The Hall–Kier alpha value is -1.45. The van der Waals surface area contributed by atoms with Crippen LogP contribution in [0, 0.1) is 17.1 Å². The van der Waals surface area contributed by atoms with Crippen LogP contribution in [0.5, 0.6) is 0 Å². The lowest BCUT2D eigenvalue weighted by Gasteiger charge is -2.21. The third kappa shape index (κ3) is 4.30. The van der Waals surface area contributed by atoms with Crippen LogP contribution in [0.4, 0.5) is 4.39 Å². The lowest BCUT2D eigenvalue weighted by Crippen LogP contribution is -2.36. The molecule has 0 fully saturated rings. The molecule has 0 saturated heterocycles. The quantitative estimate of drug-likeness (QED) is 0.805. The van der Waals surface area contributed by atoms with Crippen molar-refractivity contribution in [3.05, 3.63) is 35.6 Å². The molecule has 1 atom stereocenters. The number of rotatable bonds is 6. The van der Waals surface area contributed by atoms with Gasteiger partial charge in [0.2, 0.25) is 10.0 Å². The summed E-state index contributed by atoms with van der Waals surface area (Å²) in [4.78, 5) is 0. The number of nitriles is 1. The van der Waals surface area contributed by atoms with E-state index >= 15 is 0 Å². The molecular formula is C13H17FN2O2S. The highest BCUT2D eigenvalue weighted by molar-refractivity contribution is 7.88. The average Bonchev–Trinajstić information content (AvgIpc) is 2.37. The Kier molecular flexibility index (Phi) is 5.45. The van der Waals surface area contributed by atoms with Gasteiger partial charge in [0, 0.05) is 7.05 Å². The van der Waals surface area contributed by atoms with Gasteiger partial charge >= 0.3 is 0 Å². The van der Waals surface area contributed by atoms with Crippen molar-refractivity contribution < 1.29 is 12.8 Å². The minimum atomic E-state index is -3.57. The molecule has 0 aromatic heterocycles. The Morgan fingerprint density at radius 2 is 1.95 bits per heavy atom. The second-order valence-electron chi connectivity index (χ2n) is 4.33. The molecule has 0 spiro atoms. The zero-order valence-corrected chi connectivity index (χ0v) is 11.8. The summed E-state index contributed by atoms with van der Waals surface area (Å²) < 4.78 is 38.1. The van der Waals surface area contributed by atoms with Crippen LogP contribution in [0.2, 0.25) is 0 Å². The maximum Gasteiger partial charge on any atom is 0.219 e. The third-order valence-corrected chi connectivity index (χ3v) is 4.68. The van der Waals surface area contributed by atoms with Crippen molar-refractivity contribution in [3.63, 3.8) is 0 Å². The molecule has 104 valence electrons. The van der Waals surface area contributed by atoms with Gasteiger partial charge in [0.1, 0.15) is 11.9 Å². The summed E-state index contributed by atoms with van der Waals surface area (Å²) in [6.45, 7) is 1.89. The van der Waals surface area contributed by atoms with Crippen molar-refractivity contribution >= 4 is 10.0 Å². The van der Waals surface area contributed by atoms with Crippen molar-refractivity contribution in [1.82, 2.24) is 4.31 Å². The number of benzene rings is 1. The molecule has 1 aromatic rings. The molecule has 0 radical (unpaired) electrons. The van der Waals surface area contributed by atoms with E-state index in [0.717, 1.165) is 10.7 Å². The fourth-order valence-corrected chi connectivity index (χ4v) is 3.05. The molecular weight excluding hydrogens is 267 g/mol. The highest BCUT2D eigenvalue weighted by atomic mass is 32.2. The molecule has 19 heavy (non-hydrogen) atoms. The number of nitrogens with zero attached hydrogens (tertiary/aromatic N) is 2. The summed E-state index contributed by atoms with van der Waals surface area (Å²) in [6, 6.07) is 6.64. The fourth-order valence-electron chi connectivity index (χ4n) is 1.69. The Morgan fingerprint density at radius 3 is 2.42 bits per heavy atom. The van der Waals surface area contributed by atoms with Gasteiger partial charge in [-0.15, -0.1) is 0 Å². The first-order valence-corrected chi connectivity index (χ1v) is 7.61. The largest absolute Gasteiger partial charge is 0.219 e. The minimum Gasteiger partial charge on any atom is -0.212 e. The molecule has 0 aliphatic carbocycles. The fraction of sp³-hybridized carbons (Fsp3) is 0.462. The van der Waals surface area contributed by atoms with Crippen LogP contribution in [-0.4, -0.2) is 25.8 Å². The van der Waals surface area contributed by atoms with Gasteiger partial charge in [0.05, 0.1) is 11.8 Å². The Labute approximate surface area is 113 Å². The smallest absolute Gasteiger partial charge is 0.212 e. The normalized spacial score (nSPS) is 13.2. The summed E-state index contributed by atoms with van der Waals surface area (Å²) in [5.41, 5.74) is 0.501. The second kappa shape index (κ2) is 6.64. The van der Waals surface area contributed by atoms with Crippen LogP contribution in [0.3, 0.4) is 0 Å². The van der Waals surface area contributed by atoms with Gasteiger partial charge in [-0.2, -0.15) is 9.57 Å². The van der Waals surface area contributed by atoms with E-state index in [2.05, 4.69) is 0 Å². The highest BCUT2D eigenvalue weighted by Crippen LogP contribution is 2.15. The van der Waals surface area contributed by atoms with Crippen LogP contribution < -0.4 is 0 Å². The molecule has 0 N–H and O–H groups in total. The predicted octanol–water partition coefficient (Wildman–Crippen LogP) is 2.28. The first-order valence-electron chi connectivity index (χ1n) is 6.00. The topological polar surface area (TPSA) is 61.2 Å². The lowest BCUT2D eigenvalue weighted by atomic mass is 10.2. The van der Waals surface area contributed by atoms with Gasteiger partial charge in [-0.05, 0) is 24.1 Å². The molecule has 0 aliphatic heterocycles. The molecule has 0 amide bonds. The van der Waals surface area contributed by atoms with Gasteiger partial charge in [-0.1, -0.05) is 25.5 Å². The van der Waals surface area contributed by atoms with Crippen LogP contribution in [0.1, 0.15) is 25.3 Å². The van der Waals surface area contributed by atoms with Gasteiger partial charge in [0.15, 0.2) is 0 Å². The number of hydrogen-bond acceptors (Lipinski definition) is 3. The van der Waals surface area contributed by atoms with Gasteiger partial charge < -0.3 is 0 Å². The summed E-state index contributed by atoms with van der Waals surface area (Å²) in [7, 11) is -2.17. The predicted molar refractivity (Wildman–Crippen MR) is 71.1 cm³/mol. The highest BCUT2D eigenvalue weighted by Gasteiger charge is 2.25. The van der Waals surface area contributed by atoms with E-state index in [0.29, 0.717) is 12.0 Å². The Balaban J connectivity index is 2.86. The number of sulfonamides is 1. The SMILES string of the molecule is CCCC(C#N)N(C)S(=O)(=O)Cc1ccc(F)cc1. The van der Waals surface area contributed by atoms with Crippen LogP contribution in [0.15, 0.2) is 24.3 Å². The average molecular weight is 284 g/mol. The van der Waals surface area contributed by atoms with Crippen molar-refractivity contribution in [2.75, 3.05) is 7.05 Å². The van der Waals surface area contributed by atoms with Crippen molar-refractivity contribution in [2.45, 2.75) is 31.6 Å². The maximum atomic E-state index is 12.8. The lowest BCUT2D eigenvalue weighted by molar-refractivity contribution is 0.403. The molecule has 0 saturated carbocycles. The molecule has 1 aromatic carbocycles. The number of halogens is 1. The summed E-state index contributed by atoms with van der Waals surface area (Å²) in [5.74, 6) is -0.638. The van der Waals surface area contributed by atoms with Crippen molar-refractivity contribution in [3.8, 4) is 6.07 Å². The summed E-state index contributed by atoms with van der Waals surface area (Å²) >= 11 is 0. The Bertz CT molecular complexity index is 549. The third-order valence-electron chi connectivity index (χ3n) is 2.85. The van der Waals surface area contributed by atoms with E-state index in [-0.39, 0.29) is 5.75 Å². The standard InChI is InChI=1S/C13H17FN2O2S/c1-3-4-13(9-15)16(2)19(17,18)10-11-5-7-12(14)8-6-11/h5-8,13H,3-4,10H2,1-2H3. The Morgan fingerprint density at radius 1 is 1.37 bits per heavy atom. The minimum absolute atomic E-state index is 0.230.